The highest BCUT2D eigenvalue weighted by Crippen LogP contribution is 2.33. The van der Waals surface area contributed by atoms with Gasteiger partial charge >= 0.3 is 0 Å². The number of hydrogen-bond donors (Lipinski definition) is 0. The molecule has 0 aromatic carbocycles. The lowest BCUT2D eigenvalue weighted by atomic mass is 9.91. The number of thiazole rings is 1. The molecule has 100 valence electrons. The van der Waals surface area contributed by atoms with E-state index in [1.165, 1.54) is 35.4 Å². The second-order valence-corrected chi connectivity index (χ2v) is 5.96. The van der Waals surface area contributed by atoms with Gasteiger partial charge in [0, 0.05) is 23.8 Å². The highest BCUT2D eigenvalue weighted by atomic mass is 32.1. The molecule has 0 radical (unpaired) electrons. The van der Waals surface area contributed by atoms with Crippen molar-refractivity contribution < 1.29 is 0 Å². The Hall–Kier alpha value is -1.26. The zero-order chi connectivity index (χ0) is 13.1. The molecule has 0 fully saturated rings. The zero-order valence-corrected chi connectivity index (χ0v) is 12.1. The van der Waals surface area contributed by atoms with Crippen LogP contribution in [0.4, 0.5) is 0 Å². The maximum Gasteiger partial charge on any atom is 0.0794 e. The highest BCUT2D eigenvalue weighted by molar-refractivity contribution is 7.09. The average Bonchev–Trinajstić information content (AvgIpc) is 2.97. The van der Waals surface area contributed by atoms with Gasteiger partial charge in [-0.1, -0.05) is 13.0 Å². The number of aryl methyl sites for hydroxylation is 1. The number of aromatic nitrogens is 2. The smallest absolute Gasteiger partial charge is 0.0794 e. The third-order valence-corrected chi connectivity index (χ3v) is 4.62. The minimum atomic E-state index is 0.469. The molecule has 2 aromatic rings. The van der Waals surface area contributed by atoms with Gasteiger partial charge in [0.25, 0.3) is 0 Å². The van der Waals surface area contributed by atoms with E-state index in [1.807, 2.05) is 17.9 Å². The van der Waals surface area contributed by atoms with E-state index in [4.69, 9.17) is 0 Å². The monoisotopic (exact) mass is 273 g/mol. The Morgan fingerprint density at radius 1 is 1.47 bits per heavy atom. The first-order chi connectivity index (χ1) is 9.38. The first kappa shape index (κ1) is 12.8. The van der Waals surface area contributed by atoms with Gasteiger partial charge < -0.3 is 0 Å². The Morgan fingerprint density at radius 2 is 2.42 bits per heavy atom. The number of rotatable bonds is 4. The van der Waals surface area contributed by atoms with Gasteiger partial charge in [0.05, 0.1) is 17.2 Å². The molecule has 3 nitrogen and oxygen atoms in total. The van der Waals surface area contributed by atoms with Gasteiger partial charge in [0.2, 0.25) is 0 Å². The summed E-state index contributed by atoms with van der Waals surface area (Å²) >= 11 is 1.74. The molecule has 4 heteroatoms. The van der Waals surface area contributed by atoms with E-state index in [-0.39, 0.29) is 0 Å². The van der Waals surface area contributed by atoms with Crippen molar-refractivity contribution in [3.8, 4) is 0 Å². The van der Waals surface area contributed by atoms with E-state index in [1.54, 1.807) is 11.3 Å². The van der Waals surface area contributed by atoms with Crippen molar-refractivity contribution in [1.82, 2.24) is 14.9 Å². The summed E-state index contributed by atoms with van der Waals surface area (Å²) in [7, 11) is 0. The van der Waals surface area contributed by atoms with Crippen molar-refractivity contribution >= 4 is 11.3 Å². The molecule has 0 spiro atoms. The van der Waals surface area contributed by atoms with Crippen molar-refractivity contribution in [3.05, 3.63) is 46.2 Å². The second kappa shape index (κ2) is 5.80. The molecule has 0 saturated heterocycles. The Bertz CT molecular complexity index is 524. The van der Waals surface area contributed by atoms with Crippen LogP contribution in [0.15, 0.2) is 30.0 Å². The Morgan fingerprint density at radius 3 is 3.21 bits per heavy atom. The molecule has 1 atom stereocenters. The van der Waals surface area contributed by atoms with Crippen molar-refractivity contribution in [2.75, 3.05) is 6.54 Å². The van der Waals surface area contributed by atoms with Crippen LogP contribution in [-0.4, -0.2) is 21.4 Å². The van der Waals surface area contributed by atoms with E-state index >= 15 is 0 Å². The van der Waals surface area contributed by atoms with Gasteiger partial charge in [0.1, 0.15) is 0 Å². The van der Waals surface area contributed by atoms with Gasteiger partial charge in [-0.2, -0.15) is 0 Å². The van der Waals surface area contributed by atoms with E-state index in [9.17, 15) is 0 Å². The minimum absolute atomic E-state index is 0.469. The molecule has 2 heterocycles. The van der Waals surface area contributed by atoms with Crippen LogP contribution in [0.3, 0.4) is 0 Å². The van der Waals surface area contributed by atoms with Gasteiger partial charge in [-0.05, 0) is 37.4 Å². The summed E-state index contributed by atoms with van der Waals surface area (Å²) < 4.78 is 0. The maximum absolute atomic E-state index is 4.64. The highest BCUT2D eigenvalue weighted by Gasteiger charge is 2.26. The van der Waals surface area contributed by atoms with E-state index in [2.05, 4.69) is 33.9 Å². The fourth-order valence-electron chi connectivity index (χ4n) is 2.90. The van der Waals surface area contributed by atoms with Crippen LogP contribution in [-0.2, 0) is 13.0 Å². The molecule has 0 N–H and O–H groups in total. The number of pyridine rings is 1. The standard InChI is InChI=1S/C15H19N3S/c1-2-18(10-13-9-16-11-19-13)14-7-3-5-12-6-4-8-17-15(12)14/h4,6,8-9,11,14H,2-3,5,7,10H2,1H3/t14-/m0/s1. The molecule has 2 aromatic heterocycles. The third kappa shape index (κ3) is 2.69. The summed E-state index contributed by atoms with van der Waals surface area (Å²) in [4.78, 5) is 12.7. The lowest BCUT2D eigenvalue weighted by Crippen LogP contribution is -2.31. The SMILES string of the molecule is CCN(Cc1cncs1)[C@H]1CCCc2cccnc21. The van der Waals surface area contributed by atoms with Crippen LogP contribution in [0.5, 0.6) is 0 Å². The summed E-state index contributed by atoms with van der Waals surface area (Å²) in [5.41, 5.74) is 4.64. The van der Waals surface area contributed by atoms with Crippen molar-refractivity contribution in [2.24, 2.45) is 0 Å². The van der Waals surface area contributed by atoms with Gasteiger partial charge in [-0.15, -0.1) is 11.3 Å². The van der Waals surface area contributed by atoms with Crippen molar-refractivity contribution in [1.29, 1.82) is 0 Å². The third-order valence-electron chi connectivity index (χ3n) is 3.85. The molecule has 3 rings (SSSR count). The molecule has 1 aliphatic rings. The summed E-state index contributed by atoms with van der Waals surface area (Å²) in [5.74, 6) is 0. The molecular weight excluding hydrogens is 254 g/mol. The molecular formula is C15H19N3S. The molecule has 19 heavy (non-hydrogen) atoms. The van der Waals surface area contributed by atoms with Crippen LogP contribution < -0.4 is 0 Å². The number of nitrogens with zero attached hydrogens (tertiary/aromatic N) is 3. The summed E-state index contributed by atoms with van der Waals surface area (Å²) in [5, 5.41) is 0. The second-order valence-electron chi connectivity index (χ2n) is 4.99. The van der Waals surface area contributed by atoms with Crippen LogP contribution in [0.2, 0.25) is 0 Å². The number of hydrogen-bond acceptors (Lipinski definition) is 4. The van der Waals surface area contributed by atoms with Crippen molar-refractivity contribution in [3.63, 3.8) is 0 Å². The Balaban J connectivity index is 1.84. The first-order valence-electron chi connectivity index (χ1n) is 6.93. The fourth-order valence-corrected chi connectivity index (χ4v) is 3.52. The van der Waals surface area contributed by atoms with Crippen LogP contribution in [0.1, 0.15) is 41.9 Å². The lowest BCUT2D eigenvalue weighted by Gasteiger charge is -2.33. The van der Waals surface area contributed by atoms with Crippen LogP contribution in [0.25, 0.3) is 0 Å². The van der Waals surface area contributed by atoms with Gasteiger partial charge in [-0.25, -0.2) is 0 Å². The van der Waals surface area contributed by atoms with E-state index in [0.29, 0.717) is 6.04 Å². The summed E-state index contributed by atoms with van der Waals surface area (Å²) in [6.45, 7) is 4.28. The van der Waals surface area contributed by atoms with Gasteiger partial charge in [0.15, 0.2) is 0 Å². The fraction of sp³-hybridized carbons (Fsp3) is 0.467. The molecule has 0 unspecified atom stereocenters. The normalized spacial score (nSPS) is 18.5. The summed E-state index contributed by atoms with van der Waals surface area (Å²) in [6.07, 6.45) is 7.57. The minimum Gasteiger partial charge on any atom is -0.290 e. The van der Waals surface area contributed by atoms with Crippen LogP contribution in [0, 0.1) is 0 Å². The molecule has 0 saturated carbocycles. The number of fused-ring (bicyclic) bond motifs is 1. The van der Waals surface area contributed by atoms with Crippen LogP contribution >= 0.6 is 11.3 Å². The maximum atomic E-state index is 4.64. The molecule has 0 bridgehead atoms. The van der Waals surface area contributed by atoms with E-state index < -0.39 is 0 Å². The Kier molecular flexibility index (Phi) is 3.89. The molecule has 0 aliphatic heterocycles. The van der Waals surface area contributed by atoms with Gasteiger partial charge in [-0.3, -0.25) is 14.9 Å². The molecule has 1 aliphatic carbocycles. The van der Waals surface area contributed by atoms with E-state index in [0.717, 1.165) is 13.1 Å². The zero-order valence-electron chi connectivity index (χ0n) is 11.2. The largest absolute Gasteiger partial charge is 0.290 e. The Labute approximate surface area is 118 Å². The quantitative estimate of drug-likeness (QED) is 0.854. The first-order valence-corrected chi connectivity index (χ1v) is 7.81. The predicted molar refractivity (Wildman–Crippen MR) is 78.1 cm³/mol. The lowest BCUT2D eigenvalue weighted by molar-refractivity contribution is 0.176. The topological polar surface area (TPSA) is 29.0 Å². The predicted octanol–water partition coefficient (Wildman–Crippen LogP) is 3.44. The van der Waals surface area contributed by atoms with Crippen molar-refractivity contribution in [2.45, 2.75) is 38.8 Å². The molecule has 0 amide bonds. The average molecular weight is 273 g/mol. The summed E-state index contributed by atoms with van der Waals surface area (Å²) in [6, 6.07) is 4.76.